The highest BCUT2D eigenvalue weighted by molar-refractivity contribution is 6.30. The largest absolute Gasteiger partial charge is 0.325 e. The summed E-state index contributed by atoms with van der Waals surface area (Å²) in [7, 11) is 0. The van der Waals surface area contributed by atoms with Crippen molar-refractivity contribution < 1.29 is 4.39 Å². The number of benzene rings is 2. The topological polar surface area (TPSA) is 56.7 Å². The van der Waals surface area contributed by atoms with Crippen molar-refractivity contribution in [1.82, 2.24) is 15.0 Å². The average Bonchev–Trinajstić information content (AvgIpc) is 2.91. The van der Waals surface area contributed by atoms with Gasteiger partial charge in [-0.15, -0.1) is 5.10 Å². The SMILES string of the molecule is Cc1cc(Cl)ccc1-n1nnc(CN)c1-c1ccccc1F. The molecular weight excluding hydrogens is 303 g/mol. The second kappa shape index (κ2) is 5.87. The van der Waals surface area contributed by atoms with Crippen molar-refractivity contribution in [1.29, 1.82) is 0 Å². The van der Waals surface area contributed by atoms with Crippen LogP contribution in [0, 0.1) is 12.7 Å². The molecule has 6 heteroatoms. The van der Waals surface area contributed by atoms with E-state index in [1.54, 1.807) is 28.9 Å². The van der Waals surface area contributed by atoms with Gasteiger partial charge in [-0.3, -0.25) is 0 Å². The van der Waals surface area contributed by atoms with Crippen LogP contribution < -0.4 is 5.73 Å². The highest BCUT2D eigenvalue weighted by Gasteiger charge is 2.19. The van der Waals surface area contributed by atoms with Crippen molar-refractivity contribution in [2.75, 3.05) is 0 Å². The Hall–Kier alpha value is -2.24. The van der Waals surface area contributed by atoms with Gasteiger partial charge >= 0.3 is 0 Å². The van der Waals surface area contributed by atoms with Gasteiger partial charge in [-0.25, -0.2) is 9.07 Å². The standard InChI is InChI=1S/C16H14ClFN4/c1-10-8-11(17)6-7-15(10)22-16(14(9-19)20-21-22)12-4-2-3-5-13(12)18/h2-8H,9,19H2,1H3. The second-order valence-corrected chi connectivity index (χ2v) is 5.35. The third kappa shape index (κ3) is 2.49. The van der Waals surface area contributed by atoms with Crippen molar-refractivity contribution in [3.05, 3.63) is 64.6 Å². The summed E-state index contributed by atoms with van der Waals surface area (Å²) < 4.78 is 15.8. The molecule has 2 N–H and O–H groups in total. The molecule has 22 heavy (non-hydrogen) atoms. The van der Waals surface area contributed by atoms with E-state index in [1.807, 2.05) is 19.1 Å². The van der Waals surface area contributed by atoms with Crippen molar-refractivity contribution in [3.63, 3.8) is 0 Å². The molecule has 0 aliphatic carbocycles. The Kier molecular flexibility index (Phi) is 3.92. The minimum atomic E-state index is -0.340. The first-order chi connectivity index (χ1) is 10.6. The summed E-state index contributed by atoms with van der Waals surface area (Å²) in [6.45, 7) is 2.09. The van der Waals surface area contributed by atoms with Gasteiger partial charge in [0.2, 0.25) is 0 Å². The Bertz CT molecular complexity index is 829. The van der Waals surface area contributed by atoms with E-state index in [1.165, 1.54) is 6.07 Å². The molecule has 0 spiro atoms. The van der Waals surface area contributed by atoms with Crippen LogP contribution in [0.4, 0.5) is 4.39 Å². The van der Waals surface area contributed by atoms with Crippen molar-refractivity contribution in [2.24, 2.45) is 5.73 Å². The molecule has 0 aliphatic heterocycles. The van der Waals surface area contributed by atoms with E-state index in [2.05, 4.69) is 10.3 Å². The van der Waals surface area contributed by atoms with Crippen LogP contribution in [0.1, 0.15) is 11.3 Å². The third-order valence-electron chi connectivity index (χ3n) is 3.45. The zero-order chi connectivity index (χ0) is 15.7. The lowest BCUT2D eigenvalue weighted by atomic mass is 10.1. The molecule has 0 amide bonds. The van der Waals surface area contributed by atoms with E-state index >= 15 is 0 Å². The van der Waals surface area contributed by atoms with Crippen LogP contribution in [0.25, 0.3) is 16.9 Å². The molecule has 0 saturated carbocycles. The van der Waals surface area contributed by atoms with Crippen LogP contribution in [0.5, 0.6) is 0 Å². The molecule has 0 aliphatic rings. The fourth-order valence-electron chi connectivity index (χ4n) is 2.40. The number of nitrogens with two attached hydrogens (primary N) is 1. The first-order valence-electron chi connectivity index (χ1n) is 6.78. The number of hydrogen-bond acceptors (Lipinski definition) is 3. The summed E-state index contributed by atoms with van der Waals surface area (Å²) in [4.78, 5) is 0. The molecule has 1 heterocycles. The average molecular weight is 317 g/mol. The smallest absolute Gasteiger partial charge is 0.132 e. The van der Waals surface area contributed by atoms with Gasteiger partial charge in [0.05, 0.1) is 5.69 Å². The molecule has 0 fully saturated rings. The van der Waals surface area contributed by atoms with Gasteiger partial charge in [-0.1, -0.05) is 28.9 Å². The summed E-state index contributed by atoms with van der Waals surface area (Å²) >= 11 is 5.99. The Morgan fingerprint density at radius 2 is 2.00 bits per heavy atom. The fraction of sp³-hybridized carbons (Fsp3) is 0.125. The number of aromatic nitrogens is 3. The summed E-state index contributed by atoms with van der Waals surface area (Å²) in [5, 5.41) is 8.85. The summed E-state index contributed by atoms with van der Waals surface area (Å²) in [5.41, 5.74) is 8.96. The van der Waals surface area contributed by atoms with E-state index < -0.39 is 0 Å². The van der Waals surface area contributed by atoms with Crippen molar-refractivity contribution in [2.45, 2.75) is 13.5 Å². The minimum absolute atomic E-state index is 0.177. The van der Waals surface area contributed by atoms with Gasteiger partial charge in [-0.2, -0.15) is 0 Å². The molecule has 0 atom stereocenters. The van der Waals surface area contributed by atoms with Gasteiger partial charge in [0.25, 0.3) is 0 Å². The highest BCUT2D eigenvalue weighted by atomic mass is 35.5. The molecule has 0 bridgehead atoms. The van der Waals surface area contributed by atoms with Crippen LogP contribution in [-0.2, 0) is 6.54 Å². The lowest BCUT2D eigenvalue weighted by Crippen LogP contribution is -2.05. The van der Waals surface area contributed by atoms with E-state index in [9.17, 15) is 4.39 Å². The van der Waals surface area contributed by atoms with Crippen molar-refractivity contribution in [3.8, 4) is 16.9 Å². The van der Waals surface area contributed by atoms with Crippen LogP contribution in [-0.4, -0.2) is 15.0 Å². The van der Waals surface area contributed by atoms with Gasteiger partial charge in [-0.05, 0) is 42.8 Å². The monoisotopic (exact) mass is 316 g/mol. The summed E-state index contributed by atoms with van der Waals surface area (Å²) in [6, 6.07) is 11.9. The molecular formula is C16H14ClFN4. The molecule has 0 radical (unpaired) electrons. The maximum absolute atomic E-state index is 14.2. The quantitative estimate of drug-likeness (QED) is 0.804. The molecule has 0 saturated heterocycles. The fourth-order valence-corrected chi connectivity index (χ4v) is 2.63. The number of hydrogen-bond donors (Lipinski definition) is 1. The number of aryl methyl sites for hydroxylation is 1. The minimum Gasteiger partial charge on any atom is -0.325 e. The Labute approximate surface area is 132 Å². The lowest BCUT2D eigenvalue weighted by molar-refractivity contribution is 0.629. The number of rotatable bonds is 3. The van der Waals surface area contributed by atoms with Gasteiger partial charge < -0.3 is 5.73 Å². The van der Waals surface area contributed by atoms with E-state index in [0.29, 0.717) is 22.0 Å². The van der Waals surface area contributed by atoms with Crippen LogP contribution >= 0.6 is 11.6 Å². The Morgan fingerprint density at radius 3 is 2.68 bits per heavy atom. The summed E-state index contributed by atoms with van der Waals surface area (Å²) in [5.74, 6) is -0.340. The first kappa shape index (κ1) is 14.7. The normalized spacial score (nSPS) is 10.9. The van der Waals surface area contributed by atoms with E-state index in [-0.39, 0.29) is 12.4 Å². The molecule has 3 aromatic rings. The number of nitrogens with zero attached hydrogens (tertiary/aromatic N) is 3. The molecule has 0 unspecified atom stereocenters. The Balaban J connectivity index is 2.26. The van der Waals surface area contributed by atoms with Gasteiger partial charge in [0.1, 0.15) is 17.2 Å². The Morgan fingerprint density at radius 1 is 1.23 bits per heavy atom. The summed E-state index contributed by atoms with van der Waals surface area (Å²) in [6.07, 6.45) is 0. The van der Waals surface area contributed by atoms with Crippen molar-refractivity contribution >= 4 is 11.6 Å². The van der Waals surface area contributed by atoms with Crippen LogP contribution in [0.2, 0.25) is 5.02 Å². The van der Waals surface area contributed by atoms with Gasteiger partial charge in [0.15, 0.2) is 0 Å². The lowest BCUT2D eigenvalue weighted by Gasteiger charge is -2.11. The maximum Gasteiger partial charge on any atom is 0.132 e. The molecule has 3 rings (SSSR count). The second-order valence-electron chi connectivity index (χ2n) is 4.91. The predicted molar refractivity (Wildman–Crippen MR) is 84.4 cm³/mol. The van der Waals surface area contributed by atoms with Crippen LogP contribution in [0.3, 0.4) is 0 Å². The molecule has 2 aromatic carbocycles. The maximum atomic E-state index is 14.2. The predicted octanol–water partition coefficient (Wildman–Crippen LogP) is 3.49. The zero-order valence-corrected chi connectivity index (χ0v) is 12.7. The number of halogens is 2. The van der Waals surface area contributed by atoms with Crippen LogP contribution in [0.15, 0.2) is 42.5 Å². The first-order valence-corrected chi connectivity index (χ1v) is 7.15. The molecule has 4 nitrogen and oxygen atoms in total. The zero-order valence-electron chi connectivity index (χ0n) is 11.9. The van der Waals surface area contributed by atoms with Gasteiger partial charge in [0, 0.05) is 17.1 Å². The highest BCUT2D eigenvalue weighted by Crippen LogP contribution is 2.29. The van der Waals surface area contributed by atoms with E-state index in [0.717, 1.165) is 11.3 Å². The molecule has 1 aromatic heterocycles. The third-order valence-corrected chi connectivity index (χ3v) is 3.68. The molecule has 112 valence electrons. The van der Waals surface area contributed by atoms with E-state index in [4.69, 9.17) is 17.3 Å².